The first-order valence-electron chi connectivity index (χ1n) is 10.5. The Morgan fingerprint density at radius 3 is 1.93 bits per heavy atom. The summed E-state index contributed by atoms with van der Waals surface area (Å²) in [6.07, 6.45) is 4.92. The molecule has 2 saturated heterocycles. The van der Waals surface area contributed by atoms with Crippen LogP contribution in [-0.2, 0) is 0 Å². The fourth-order valence-corrected chi connectivity index (χ4v) is 4.42. The summed E-state index contributed by atoms with van der Waals surface area (Å²) >= 11 is 0. The molecule has 0 aliphatic carbocycles. The Morgan fingerprint density at radius 2 is 1.39 bits per heavy atom. The zero-order valence-corrected chi connectivity index (χ0v) is 17.6. The minimum absolute atomic E-state index is 0.0442. The van der Waals surface area contributed by atoms with E-state index in [0.717, 1.165) is 11.3 Å². The first kappa shape index (κ1) is 20.4. The smallest absolute Gasteiger partial charge is 0.253 e. The van der Waals surface area contributed by atoms with E-state index in [1.165, 1.54) is 31.4 Å². The fraction of sp³-hybridized carbons (Fsp3) is 0.458. The number of hydrogen-bond donors (Lipinski definition) is 1. The maximum absolute atomic E-state index is 12.2. The van der Waals surface area contributed by atoms with Crippen molar-refractivity contribution in [2.24, 2.45) is 0 Å². The number of hydrogen-bond acceptors (Lipinski definition) is 3. The average Bonchev–Trinajstić information content (AvgIpc) is 3.08. The van der Waals surface area contributed by atoms with Gasteiger partial charge in [-0.05, 0) is 62.1 Å². The summed E-state index contributed by atoms with van der Waals surface area (Å²) in [6.45, 7) is 4.00. The third-order valence-electron chi connectivity index (χ3n) is 5.65. The van der Waals surface area contributed by atoms with Gasteiger partial charge in [-0.1, -0.05) is 32.0 Å². The number of para-hydroxylation sites is 1. The second-order valence-corrected chi connectivity index (χ2v) is 7.72. The highest BCUT2D eigenvalue weighted by Crippen LogP contribution is 2.36. The molecule has 1 unspecified atom stereocenters. The summed E-state index contributed by atoms with van der Waals surface area (Å²) in [5, 5.41) is 3.74. The van der Waals surface area contributed by atoms with Crippen LogP contribution >= 0.6 is 0 Å². The van der Waals surface area contributed by atoms with Crippen LogP contribution in [0.5, 0.6) is 0 Å². The van der Waals surface area contributed by atoms with Gasteiger partial charge in [0, 0.05) is 49.2 Å². The highest BCUT2D eigenvalue weighted by Gasteiger charge is 2.36. The fourth-order valence-electron chi connectivity index (χ4n) is 4.42. The van der Waals surface area contributed by atoms with Gasteiger partial charge in [-0.2, -0.15) is 0 Å². The molecule has 28 heavy (non-hydrogen) atoms. The standard InChI is InChI=1S/C22H27N3O.C2H6/c1-24(2)22(26)16-8-12-20(13-9-16)25(19-6-4-3-5-7-19)21-14-17-10-11-18(15-21)23-17;1-2/h3-9,12-13,17-18,21,23H,10-11,14-15H2,1-2H3;1-2H3/t17-,18+,21?;. The number of fused-ring (bicyclic) bond motifs is 2. The summed E-state index contributed by atoms with van der Waals surface area (Å²) in [5.74, 6) is 0.0442. The number of nitrogens with zero attached hydrogens (tertiary/aromatic N) is 2. The summed E-state index contributed by atoms with van der Waals surface area (Å²) in [6, 6.07) is 20.5. The van der Waals surface area contributed by atoms with Crippen molar-refractivity contribution in [3.8, 4) is 0 Å². The number of carbonyl (C=O) groups excluding carboxylic acids is 1. The average molecular weight is 380 g/mol. The summed E-state index contributed by atoms with van der Waals surface area (Å²) in [4.78, 5) is 16.3. The highest BCUT2D eigenvalue weighted by atomic mass is 16.2. The first-order chi connectivity index (χ1) is 13.6. The topological polar surface area (TPSA) is 35.6 Å². The zero-order valence-electron chi connectivity index (χ0n) is 17.6. The number of carbonyl (C=O) groups is 1. The van der Waals surface area contributed by atoms with E-state index in [2.05, 4.69) is 52.7 Å². The monoisotopic (exact) mass is 379 g/mol. The maximum Gasteiger partial charge on any atom is 0.253 e. The number of nitrogens with one attached hydrogen (secondary N) is 1. The molecule has 0 saturated carbocycles. The summed E-state index contributed by atoms with van der Waals surface area (Å²) < 4.78 is 0. The molecule has 0 spiro atoms. The molecule has 2 aliphatic rings. The molecule has 2 aromatic rings. The Bertz CT molecular complexity index is 745. The second kappa shape index (κ2) is 9.24. The molecule has 0 aromatic heterocycles. The number of piperidine rings is 1. The largest absolute Gasteiger partial charge is 0.345 e. The predicted octanol–water partition coefficient (Wildman–Crippen LogP) is 4.84. The predicted molar refractivity (Wildman–Crippen MR) is 117 cm³/mol. The highest BCUT2D eigenvalue weighted by molar-refractivity contribution is 5.94. The van der Waals surface area contributed by atoms with Gasteiger partial charge in [0.05, 0.1) is 0 Å². The van der Waals surface area contributed by atoms with Gasteiger partial charge in [0.15, 0.2) is 0 Å². The maximum atomic E-state index is 12.2. The van der Waals surface area contributed by atoms with Crippen LogP contribution in [0.2, 0.25) is 0 Å². The van der Waals surface area contributed by atoms with Crippen LogP contribution in [0.4, 0.5) is 11.4 Å². The summed E-state index contributed by atoms with van der Waals surface area (Å²) in [5.41, 5.74) is 3.13. The number of benzene rings is 2. The normalized spacial score (nSPS) is 22.8. The van der Waals surface area contributed by atoms with Gasteiger partial charge < -0.3 is 15.1 Å². The van der Waals surface area contributed by atoms with Crippen LogP contribution in [0.3, 0.4) is 0 Å². The van der Waals surface area contributed by atoms with E-state index in [4.69, 9.17) is 0 Å². The molecule has 2 fully saturated rings. The molecule has 4 nitrogen and oxygen atoms in total. The van der Waals surface area contributed by atoms with Gasteiger partial charge in [0.25, 0.3) is 5.91 Å². The van der Waals surface area contributed by atoms with Crippen molar-refractivity contribution in [1.29, 1.82) is 0 Å². The van der Waals surface area contributed by atoms with Crippen molar-refractivity contribution in [3.05, 3.63) is 60.2 Å². The molecular weight excluding hydrogens is 346 g/mol. The molecule has 1 N–H and O–H groups in total. The number of amides is 1. The van der Waals surface area contributed by atoms with Crippen molar-refractivity contribution in [3.63, 3.8) is 0 Å². The Labute approximate surface area is 169 Å². The molecule has 4 heteroatoms. The van der Waals surface area contributed by atoms with Gasteiger partial charge in [0.2, 0.25) is 0 Å². The quantitative estimate of drug-likeness (QED) is 0.826. The van der Waals surface area contributed by atoms with Crippen LogP contribution in [0.1, 0.15) is 49.9 Å². The molecule has 1 amide bonds. The van der Waals surface area contributed by atoms with E-state index in [1.807, 2.05) is 26.0 Å². The van der Waals surface area contributed by atoms with Gasteiger partial charge in [-0.25, -0.2) is 0 Å². The molecule has 2 aliphatic heterocycles. The number of rotatable bonds is 4. The van der Waals surface area contributed by atoms with Crippen LogP contribution in [0.15, 0.2) is 54.6 Å². The Balaban J connectivity index is 0.00000109. The lowest BCUT2D eigenvalue weighted by Crippen LogP contribution is -2.46. The van der Waals surface area contributed by atoms with Gasteiger partial charge in [-0.3, -0.25) is 4.79 Å². The van der Waals surface area contributed by atoms with E-state index in [-0.39, 0.29) is 5.91 Å². The van der Waals surface area contributed by atoms with Crippen molar-refractivity contribution in [1.82, 2.24) is 10.2 Å². The Hall–Kier alpha value is -2.33. The molecule has 150 valence electrons. The van der Waals surface area contributed by atoms with E-state index in [9.17, 15) is 4.79 Å². The van der Waals surface area contributed by atoms with Crippen LogP contribution in [0, 0.1) is 0 Å². The van der Waals surface area contributed by atoms with Crippen molar-refractivity contribution in [2.75, 3.05) is 19.0 Å². The van der Waals surface area contributed by atoms with Gasteiger partial charge in [0.1, 0.15) is 0 Å². The van der Waals surface area contributed by atoms with E-state index in [0.29, 0.717) is 18.1 Å². The van der Waals surface area contributed by atoms with Crippen LogP contribution in [-0.4, -0.2) is 43.0 Å². The Morgan fingerprint density at radius 1 is 0.857 bits per heavy atom. The lowest BCUT2D eigenvalue weighted by atomic mass is 9.96. The minimum Gasteiger partial charge on any atom is -0.345 e. The molecule has 0 radical (unpaired) electrons. The Kier molecular flexibility index (Phi) is 6.74. The van der Waals surface area contributed by atoms with Gasteiger partial charge >= 0.3 is 0 Å². The SMILES string of the molecule is CC.CN(C)C(=O)c1ccc(N(c2ccccc2)C2C[C@H]3CC[C@@H](C2)N3)cc1. The number of anilines is 2. The van der Waals surface area contributed by atoms with E-state index in [1.54, 1.807) is 19.0 Å². The minimum atomic E-state index is 0.0442. The first-order valence-corrected chi connectivity index (χ1v) is 10.5. The molecule has 3 atom stereocenters. The van der Waals surface area contributed by atoms with Crippen molar-refractivity contribution < 1.29 is 4.79 Å². The second-order valence-electron chi connectivity index (χ2n) is 7.72. The van der Waals surface area contributed by atoms with E-state index >= 15 is 0 Å². The van der Waals surface area contributed by atoms with Gasteiger partial charge in [-0.15, -0.1) is 0 Å². The lowest BCUT2D eigenvalue weighted by Gasteiger charge is -2.39. The van der Waals surface area contributed by atoms with Crippen LogP contribution < -0.4 is 10.2 Å². The lowest BCUT2D eigenvalue weighted by molar-refractivity contribution is 0.0827. The van der Waals surface area contributed by atoms with Crippen molar-refractivity contribution >= 4 is 17.3 Å². The van der Waals surface area contributed by atoms with Crippen LogP contribution in [0.25, 0.3) is 0 Å². The zero-order chi connectivity index (χ0) is 20.1. The molecular formula is C24H33N3O. The van der Waals surface area contributed by atoms with Crippen molar-refractivity contribution in [2.45, 2.75) is 57.7 Å². The molecule has 2 aromatic carbocycles. The molecule has 2 bridgehead atoms. The summed E-state index contributed by atoms with van der Waals surface area (Å²) in [7, 11) is 3.58. The third kappa shape index (κ3) is 4.39. The van der Waals surface area contributed by atoms with E-state index < -0.39 is 0 Å². The molecule has 4 rings (SSSR count). The third-order valence-corrected chi connectivity index (χ3v) is 5.65. The molecule has 2 heterocycles.